The second kappa shape index (κ2) is 4.93. The van der Waals surface area contributed by atoms with Crippen LogP contribution in [0.25, 0.3) is 0 Å². The molecule has 0 saturated carbocycles. The number of hydrogen-bond acceptors (Lipinski definition) is 5. The molecule has 1 aromatic rings. The second-order valence-corrected chi connectivity index (χ2v) is 5.84. The van der Waals surface area contributed by atoms with Gasteiger partial charge in [0.15, 0.2) is 21.3 Å². The molecule has 1 aliphatic rings. The largest absolute Gasteiger partial charge is 0.486 e. The highest BCUT2D eigenvalue weighted by Gasteiger charge is 2.18. The molecular weight excluding hydrogens is 242 g/mol. The Morgan fingerprint density at radius 2 is 1.94 bits per heavy atom. The third kappa shape index (κ3) is 2.70. The van der Waals surface area contributed by atoms with E-state index in [1.165, 1.54) is 6.07 Å². The summed E-state index contributed by atoms with van der Waals surface area (Å²) >= 11 is 0. The van der Waals surface area contributed by atoms with Crippen LogP contribution in [0.1, 0.15) is 0 Å². The lowest BCUT2D eigenvalue weighted by Gasteiger charge is -2.18. The number of ether oxygens (including phenoxy) is 2. The van der Waals surface area contributed by atoms with Crippen LogP contribution in [0.4, 0.5) is 0 Å². The molecule has 6 heteroatoms. The molecule has 0 radical (unpaired) electrons. The third-order valence-corrected chi connectivity index (χ3v) is 4.21. The Morgan fingerprint density at radius 1 is 1.24 bits per heavy atom. The molecule has 0 atom stereocenters. The van der Waals surface area contributed by atoms with Gasteiger partial charge in [-0.1, -0.05) is 0 Å². The fourth-order valence-electron chi connectivity index (χ4n) is 1.57. The Bertz CT molecular complexity index is 498. The predicted octanol–water partition coefficient (Wildman–Crippen LogP) is 0.451. The number of sulfone groups is 1. The summed E-state index contributed by atoms with van der Waals surface area (Å²) in [6, 6.07) is 4.72. The van der Waals surface area contributed by atoms with E-state index in [1.54, 1.807) is 19.2 Å². The molecule has 94 valence electrons. The average molecular weight is 257 g/mol. The first-order valence-electron chi connectivity index (χ1n) is 5.40. The maximum Gasteiger partial charge on any atom is 0.179 e. The summed E-state index contributed by atoms with van der Waals surface area (Å²) in [5, 5.41) is 2.82. The molecule has 1 heterocycles. The lowest BCUT2D eigenvalue weighted by Crippen LogP contribution is -2.20. The summed E-state index contributed by atoms with van der Waals surface area (Å²) in [6.45, 7) is 1.38. The molecule has 0 saturated heterocycles. The van der Waals surface area contributed by atoms with Crippen LogP contribution >= 0.6 is 0 Å². The van der Waals surface area contributed by atoms with Gasteiger partial charge in [-0.3, -0.25) is 0 Å². The first-order chi connectivity index (χ1) is 8.13. The molecule has 2 rings (SSSR count). The molecule has 0 fully saturated rings. The van der Waals surface area contributed by atoms with Crippen molar-refractivity contribution in [3.63, 3.8) is 0 Å². The molecule has 0 aromatic heterocycles. The van der Waals surface area contributed by atoms with Gasteiger partial charge in [0, 0.05) is 12.6 Å². The molecule has 0 bridgehead atoms. The number of nitrogens with one attached hydrogen (secondary N) is 1. The molecule has 5 nitrogen and oxygen atoms in total. The molecule has 17 heavy (non-hydrogen) atoms. The predicted molar refractivity (Wildman–Crippen MR) is 63.4 cm³/mol. The van der Waals surface area contributed by atoms with Gasteiger partial charge < -0.3 is 14.8 Å². The summed E-state index contributed by atoms with van der Waals surface area (Å²) < 4.78 is 34.6. The fraction of sp³-hybridized carbons (Fsp3) is 0.455. The molecule has 1 N–H and O–H groups in total. The standard InChI is InChI=1S/C11H15NO4S/c1-12-4-7-17(13,14)9-2-3-10-11(8-9)16-6-5-15-10/h2-3,8,12H,4-7H2,1H3. The first-order valence-corrected chi connectivity index (χ1v) is 7.06. The number of benzene rings is 1. The second-order valence-electron chi connectivity index (χ2n) is 3.73. The van der Waals surface area contributed by atoms with Crippen molar-refractivity contribution in [2.45, 2.75) is 4.90 Å². The minimum absolute atomic E-state index is 0.0726. The monoisotopic (exact) mass is 257 g/mol. The van der Waals surface area contributed by atoms with Gasteiger partial charge in [-0.2, -0.15) is 0 Å². The highest BCUT2D eigenvalue weighted by Crippen LogP contribution is 2.32. The van der Waals surface area contributed by atoms with Gasteiger partial charge >= 0.3 is 0 Å². The van der Waals surface area contributed by atoms with Crippen LogP contribution < -0.4 is 14.8 Å². The van der Waals surface area contributed by atoms with E-state index in [1.807, 2.05) is 0 Å². The Kier molecular flexibility index (Phi) is 3.54. The van der Waals surface area contributed by atoms with Crippen LogP contribution in [0.2, 0.25) is 0 Å². The van der Waals surface area contributed by atoms with Gasteiger partial charge in [0.25, 0.3) is 0 Å². The summed E-state index contributed by atoms with van der Waals surface area (Å²) in [7, 11) is -1.53. The van der Waals surface area contributed by atoms with Crippen molar-refractivity contribution >= 4 is 9.84 Å². The molecule has 1 aromatic carbocycles. The van der Waals surface area contributed by atoms with E-state index in [-0.39, 0.29) is 10.6 Å². The SMILES string of the molecule is CNCCS(=O)(=O)c1ccc2c(c1)OCCO2. The van der Waals surface area contributed by atoms with Gasteiger partial charge in [-0.05, 0) is 19.2 Å². The lowest BCUT2D eigenvalue weighted by atomic mass is 10.3. The number of fused-ring (bicyclic) bond motifs is 1. The van der Waals surface area contributed by atoms with Crippen molar-refractivity contribution in [3.05, 3.63) is 18.2 Å². The van der Waals surface area contributed by atoms with Crippen LogP contribution in [-0.2, 0) is 9.84 Å². The Hall–Kier alpha value is -1.27. The smallest absolute Gasteiger partial charge is 0.179 e. The first kappa shape index (κ1) is 12.2. The van der Waals surface area contributed by atoms with E-state index in [0.29, 0.717) is 31.3 Å². The normalized spacial score (nSPS) is 14.6. The van der Waals surface area contributed by atoms with Crippen molar-refractivity contribution in [3.8, 4) is 11.5 Å². The quantitative estimate of drug-likeness (QED) is 0.848. The van der Waals surface area contributed by atoms with Gasteiger partial charge in [0.2, 0.25) is 0 Å². The zero-order valence-corrected chi connectivity index (χ0v) is 10.4. The molecule has 1 aliphatic heterocycles. The minimum atomic E-state index is -3.25. The van der Waals surface area contributed by atoms with E-state index in [0.717, 1.165) is 0 Å². The van der Waals surface area contributed by atoms with Gasteiger partial charge in [0.05, 0.1) is 10.6 Å². The Morgan fingerprint density at radius 3 is 2.65 bits per heavy atom. The van der Waals surface area contributed by atoms with E-state index >= 15 is 0 Å². The number of hydrogen-bond donors (Lipinski definition) is 1. The molecule has 0 amide bonds. The van der Waals surface area contributed by atoms with Crippen molar-refractivity contribution in [1.82, 2.24) is 5.32 Å². The van der Waals surface area contributed by atoms with Crippen LogP contribution in [0.3, 0.4) is 0 Å². The summed E-state index contributed by atoms with van der Waals surface area (Å²) in [4.78, 5) is 0.275. The number of rotatable bonds is 4. The van der Waals surface area contributed by atoms with E-state index in [4.69, 9.17) is 9.47 Å². The van der Waals surface area contributed by atoms with Crippen LogP contribution in [0.15, 0.2) is 23.1 Å². The van der Waals surface area contributed by atoms with Crippen molar-refractivity contribution in [1.29, 1.82) is 0 Å². The average Bonchev–Trinajstić information content (AvgIpc) is 2.36. The maximum atomic E-state index is 11.9. The summed E-state index contributed by atoms with van der Waals surface area (Å²) in [5.74, 6) is 1.17. The minimum Gasteiger partial charge on any atom is -0.486 e. The molecule has 0 unspecified atom stereocenters. The highest BCUT2D eigenvalue weighted by atomic mass is 32.2. The summed E-state index contributed by atoms with van der Waals surface area (Å²) in [5.41, 5.74) is 0. The van der Waals surface area contributed by atoms with Crippen LogP contribution in [-0.4, -0.2) is 41.0 Å². The molecule has 0 aliphatic carbocycles. The van der Waals surface area contributed by atoms with Crippen LogP contribution in [0.5, 0.6) is 11.5 Å². The van der Waals surface area contributed by atoms with Crippen molar-refractivity contribution in [2.75, 3.05) is 32.6 Å². The Labute approximate surface area is 101 Å². The third-order valence-electron chi connectivity index (χ3n) is 2.49. The zero-order valence-electron chi connectivity index (χ0n) is 9.60. The fourth-order valence-corrected chi connectivity index (χ4v) is 2.84. The van der Waals surface area contributed by atoms with E-state index in [2.05, 4.69) is 5.32 Å². The lowest BCUT2D eigenvalue weighted by molar-refractivity contribution is 0.171. The summed E-state index contributed by atoms with van der Waals surface area (Å²) in [6.07, 6.45) is 0. The highest BCUT2D eigenvalue weighted by molar-refractivity contribution is 7.91. The van der Waals surface area contributed by atoms with Gasteiger partial charge in [0.1, 0.15) is 13.2 Å². The topological polar surface area (TPSA) is 64.6 Å². The van der Waals surface area contributed by atoms with Crippen molar-refractivity contribution in [2.24, 2.45) is 0 Å². The molecule has 0 spiro atoms. The maximum absolute atomic E-state index is 11.9. The van der Waals surface area contributed by atoms with Gasteiger partial charge in [-0.15, -0.1) is 0 Å². The van der Waals surface area contributed by atoms with Crippen molar-refractivity contribution < 1.29 is 17.9 Å². The van der Waals surface area contributed by atoms with Gasteiger partial charge in [-0.25, -0.2) is 8.42 Å². The Balaban J connectivity index is 2.27. The zero-order chi connectivity index (χ0) is 12.3. The molecular formula is C11H15NO4S. The van der Waals surface area contributed by atoms with E-state index < -0.39 is 9.84 Å². The van der Waals surface area contributed by atoms with Crippen LogP contribution in [0, 0.1) is 0 Å². The van der Waals surface area contributed by atoms with E-state index in [9.17, 15) is 8.42 Å².